The number of ether oxygens (including phenoxy) is 1. The highest BCUT2D eigenvalue weighted by Gasteiger charge is 2.09. The summed E-state index contributed by atoms with van der Waals surface area (Å²) in [4.78, 5) is 19.0. The van der Waals surface area contributed by atoms with Gasteiger partial charge in [0.1, 0.15) is 16.6 Å². The van der Waals surface area contributed by atoms with E-state index in [1.54, 1.807) is 18.2 Å². The molecule has 5 nitrogen and oxygen atoms in total. The number of rotatable bonds is 3. The molecular weight excluding hydrogens is 266 g/mol. The first-order valence-electron chi connectivity index (χ1n) is 5.48. The van der Waals surface area contributed by atoms with E-state index in [-0.39, 0.29) is 5.43 Å². The van der Waals surface area contributed by atoms with Gasteiger partial charge in [0.25, 0.3) is 0 Å². The molecule has 2 rings (SSSR count). The number of nitrogens with two attached hydrogens (primary N) is 1. The Balaban J connectivity index is 2.66. The van der Waals surface area contributed by atoms with Crippen LogP contribution in [0.4, 0.5) is 5.82 Å². The third-order valence-electron chi connectivity index (χ3n) is 2.52. The summed E-state index contributed by atoms with van der Waals surface area (Å²) in [5.74, 6) is 0.888. The van der Waals surface area contributed by atoms with Crippen LogP contribution in [-0.2, 0) is 0 Å². The zero-order valence-corrected chi connectivity index (χ0v) is 10.9. The van der Waals surface area contributed by atoms with E-state index in [0.717, 1.165) is 0 Å². The molecule has 0 atom stereocenters. The molecule has 0 aliphatic heterocycles. The standard InChI is InChI=1S/C13H12ClN3O2/c1-19-10-4-3-8-9(18)7-11(16-6-2-5-15)17-13(8)12(10)14/h2-7H,15H2,1H3,(H,17,18)/b5-2-,16-6+. The van der Waals surface area contributed by atoms with Gasteiger partial charge in [-0.15, -0.1) is 0 Å². The molecule has 1 heterocycles. The molecular formula is C13H12ClN3O2. The van der Waals surface area contributed by atoms with Crippen LogP contribution in [-0.4, -0.2) is 18.3 Å². The van der Waals surface area contributed by atoms with Crippen molar-refractivity contribution in [2.24, 2.45) is 10.7 Å². The number of aromatic nitrogens is 1. The van der Waals surface area contributed by atoms with Crippen molar-refractivity contribution in [1.82, 2.24) is 4.98 Å². The Morgan fingerprint density at radius 2 is 2.26 bits per heavy atom. The predicted molar refractivity (Wildman–Crippen MR) is 77.6 cm³/mol. The Morgan fingerprint density at radius 3 is 2.95 bits per heavy atom. The Bertz CT molecular complexity index is 720. The number of pyridine rings is 1. The lowest BCUT2D eigenvalue weighted by atomic mass is 10.2. The topological polar surface area (TPSA) is 80.5 Å². The fraction of sp³-hybridized carbons (Fsp3) is 0.0769. The molecule has 2 aromatic rings. The lowest BCUT2D eigenvalue weighted by molar-refractivity contribution is 0.415. The van der Waals surface area contributed by atoms with Gasteiger partial charge in [-0.05, 0) is 24.4 Å². The molecule has 1 aromatic carbocycles. The maximum Gasteiger partial charge on any atom is 0.191 e. The molecule has 0 unspecified atom stereocenters. The minimum absolute atomic E-state index is 0.165. The van der Waals surface area contributed by atoms with Crippen molar-refractivity contribution >= 4 is 34.5 Å². The number of hydrogen-bond donors (Lipinski definition) is 2. The molecule has 98 valence electrons. The normalized spacial score (nSPS) is 11.7. The smallest absolute Gasteiger partial charge is 0.191 e. The fourth-order valence-electron chi connectivity index (χ4n) is 1.65. The van der Waals surface area contributed by atoms with Gasteiger partial charge in [-0.2, -0.15) is 0 Å². The summed E-state index contributed by atoms with van der Waals surface area (Å²) in [6, 6.07) is 4.71. The summed E-state index contributed by atoms with van der Waals surface area (Å²) in [5.41, 5.74) is 5.53. The molecule has 6 heteroatoms. The monoisotopic (exact) mass is 277 g/mol. The van der Waals surface area contributed by atoms with Crippen LogP contribution in [0.3, 0.4) is 0 Å². The number of fused-ring (bicyclic) bond motifs is 1. The van der Waals surface area contributed by atoms with Crippen LogP contribution in [0.5, 0.6) is 5.75 Å². The minimum atomic E-state index is -0.165. The average Bonchev–Trinajstić information content (AvgIpc) is 2.40. The van der Waals surface area contributed by atoms with E-state index in [4.69, 9.17) is 22.1 Å². The molecule has 19 heavy (non-hydrogen) atoms. The van der Waals surface area contributed by atoms with E-state index in [2.05, 4.69) is 9.98 Å². The van der Waals surface area contributed by atoms with Gasteiger partial charge in [0.2, 0.25) is 0 Å². The van der Waals surface area contributed by atoms with Crippen LogP contribution in [0, 0.1) is 0 Å². The minimum Gasteiger partial charge on any atom is -0.495 e. The Labute approximate surface area is 114 Å². The van der Waals surface area contributed by atoms with Crippen molar-refractivity contribution in [2.45, 2.75) is 0 Å². The highest BCUT2D eigenvalue weighted by Crippen LogP contribution is 2.30. The number of methoxy groups -OCH3 is 1. The van der Waals surface area contributed by atoms with Gasteiger partial charge < -0.3 is 15.5 Å². The summed E-state index contributed by atoms with van der Waals surface area (Å²) >= 11 is 6.17. The highest BCUT2D eigenvalue weighted by molar-refractivity contribution is 6.36. The SMILES string of the molecule is COc1ccc2c(=O)cc(/N=C/C=C\N)[nH]c2c1Cl. The Morgan fingerprint density at radius 1 is 1.47 bits per heavy atom. The van der Waals surface area contributed by atoms with Gasteiger partial charge in [0, 0.05) is 17.7 Å². The van der Waals surface area contributed by atoms with Crippen LogP contribution >= 0.6 is 11.6 Å². The van der Waals surface area contributed by atoms with Crippen LogP contribution in [0.25, 0.3) is 10.9 Å². The lowest BCUT2D eigenvalue weighted by Crippen LogP contribution is -2.01. The number of H-pyrrole nitrogens is 1. The van der Waals surface area contributed by atoms with Gasteiger partial charge >= 0.3 is 0 Å². The zero-order chi connectivity index (χ0) is 13.8. The third kappa shape index (κ3) is 2.61. The molecule has 0 aliphatic rings. The third-order valence-corrected chi connectivity index (χ3v) is 2.90. The fourth-order valence-corrected chi connectivity index (χ4v) is 1.94. The van der Waals surface area contributed by atoms with E-state index in [1.807, 2.05) is 0 Å². The lowest BCUT2D eigenvalue weighted by Gasteiger charge is -2.06. The number of allylic oxidation sites excluding steroid dienone is 1. The van der Waals surface area contributed by atoms with E-state index in [1.165, 1.54) is 25.6 Å². The molecule has 0 amide bonds. The predicted octanol–water partition coefficient (Wildman–Crippen LogP) is 2.36. The number of nitrogens with one attached hydrogen (secondary N) is 1. The van der Waals surface area contributed by atoms with Crippen molar-refractivity contribution < 1.29 is 4.74 Å². The first-order chi connectivity index (χ1) is 9.17. The summed E-state index contributed by atoms with van der Waals surface area (Å²) in [5, 5.41) is 0.836. The summed E-state index contributed by atoms with van der Waals surface area (Å²) in [6.07, 6.45) is 4.37. The van der Waals surface area contributed by atoms with Gasteiger partial charge in [0.15, 0.2) is 5.43 Å². The number of aliphatic imine (C=N–C) groups is 1. The number of hydrogen-bond acceptors (Lipinski definition) is 4. The van der Waals surface area contributed by atoms with Gasteiger partial charge in [-0.25, -0.2) is 4.99 Å². The van der Waals surface area contributed by atoms with E-state index < -0.39 is 0 Å². The number of benzene rings is 1. The largest absolute Gasteiger partial charge is 0.495 e. The van der Waals surface area contributed by atoms with Crippen LogP contribution < -0.4 is 15.9 Å². The molecule has 0 bridgehead atoms. The molecule has 1 aromatic heterocycles. The molecule has 3 N–H and O–H groups in total. The Hall–Kier alpha value is -2.27. The van der Waals surface area contributed by atoms with Crippen molar-refractivity contribution in [1.29, 1.82) is 0 Å². The maximum absolute atomic E-state index is 11.9. The highest BCUT2D eigenvalue weighted by atomic mass is 35.5. The first-order valence-corrected chi connectivity index (χ1v) is 5.85. The van der Waals surface area contributed by atoms with Crippen molar-refractivity contribution in [3.8, 4) is 5.75 Å². The van der Waals surface area contributed by atoms with Crippen molar-refractivity contribution in [2.75, 3.05) is 7.11 Å². The van der Waals surface area contributed by atoms with Gasteiger partial charge in [-0.3, -0.25) is 4.79 Å². The maximum atomic E-state index is 11.9. The molecule has 0 radical (unpaired) electrons. The van der Waals surface area contributed by atoms with Gasteiger partial charge in [-0.1, -0.05) is 11.6 Å². The van der Waals surface area contributed by atoms with Crippen LogP contribution in [0.1, 0.15) is 0 Å². The second-order valence-electron chi connectivity index (χ2n) is 3.69. The number of halogens is 1. The quantitative estimate of drug-likeness (QED) is 0.845. The summed E-state index contributed by atoms with van der Waals surface area (Å²) in [7, 11) is 1.51. The summed E-state index contributed by atoms with van der Waals surface area (Å²) in [6.45, 7) is 0. The molecule has 0 fully saturated rings. The Kier molecular flexibility index (Phi) is 3.87. The van der Waals surface area contributed by atoms with E-state index in [9.17, 15) is 4.79 Å². The molecule has 0 spiro atoms. The van der Waals surface area contributed by atoms with Crippen molar-refractivity contribution in [3.05, 3.63) is 45.7 Å². The molecule has 0 saturated carbocycles. The van der Waals surface area contributed by atoms with Crippen LogP contribution in [0.15, 0.2) is 40.3 Å². The molecule has 0 aliphatic carbocycles. The van der Waals surface area contributed by atoms with Gasteiger partial charge in [0.05, 0.1) is 12.6 Å². The van der Waals surface area contributed by atoms with Crippen LogP contribution in [0.2, 0.25) is 5.02 Å². The average molecular weight is 278 g/mol. The summed E-state index contributed by atoms with van der Waals surface area (Å²) < 4.78 is 5.11. The first kappa shape index (κ1) is 13.2. The van der Waals surface area contributed by atoms with E-state index >= 15 is 0 Å². The molecule has 0 saturated heterocycles. The number of nitrogens with zero attached hydrogens (tertiary/aromatic N) is 1. The zero-order valence-electron chi connectivity index (χ0n) is 10.2. The van der Waals surface area contributed by atoms with Crippen molar-refractivity contribution in [3.63, 3.8) is 0 Å². The van der Waals surface area contributed by atoms with E-state index in [0.29, 0.717) is 27.5 Å². The second-order valence-corrected chi connectivity index (χ2v) is 4.06. The number of aromatic amines is 1. The second kappa shape index (κ2) is 5.58.